The lowest BCUT2D eigenvalue weighted by Crippen LogP contribution is -2.38. The first-order valence-electron chi connectivity index (χ1n) is 8.33. The van der Waals surface area contributed by atoms with Crippen LogP contribution < -0.4 is 9.84 Å². The molecule has 1 saturated carbocycles. The molecule has 1 fully saturated rings. The third-order valence-electron chi connectivity index (χ3n) is 5.39. The van der Waals surface area contributed by atoms with E-state index in [2.05, 4.69) is 31.9 Å². The van der Waals surface area contributed by atoms with E-state index in [1.54, 1.807) is 0 Å². The molecule has 2 aromatic rings. The summed E-state index contributed by atoms with van der Waals surface area (Å²) in [6, 6.07) is 17.1. The van der Waals surface area contributed by atoms with Crippen molar-refractivity contribution in [3.05, 3.63) is 69.6 Å². The lowest BCUT2D eigenvalue weighted by atomic mass is 9.88. The second kappa shape index (κ2) is 7.20. The van der Waals surface area contributed by atoms with E-state index in [0.717, 1.165) is 14.7 Å². The number of aliphatic carboxylic acids is 1. The highest BCUT2D eigenvalue weighted by molar-refractivity contribution is 9.28. The normalized spacial score (nSPS) is 23.2. The minimum atomic E-state index is -1.01. The first-order chi connectivity index (χ1) is 12.3. The van der Waals surface area contributed by atoms with Gasteiger partial charge in [0.1, 0.15) is 11.5 Å². The lowest BCUT2D eigenvalue weighted by Gasteiger charge is -2.22. The van der Waals surface area contributed by atoms with E-state index in [9.17, 15) is 9.90 Å². The maximum Gasteiger partial charge on any atom is 0.127 e. The van der Waals surface area contributed by atoms with Crippen LogP contribution in [-0.4, -0.2) is 5.97 Å². The Bertz CT molecular complexity index is 841. The summed E-state index contributed by atoms with van der Waals surface area (Å²) in [5.74, 6) is 0.302. The molecule has 3 rings (SSSR count). The number of carbonyl (C=O) groups is 1. The Morgan fingerprint density at radius 2 is 1.77 bits per heavy atom. The van der Waals surface area contributed by atoms with Gasteiger partial charge in [0.25, 0.3) is 0 Å². The van der Waals surface area contributed by atoms with Crippen LogP contribution in [0.5, 0.6) is 11.5 Å². The number of para-hydroxylation sites is 1. The van der Waals surface area contributed by atoms with Crippen molar-refractivity contribution < 1.29 is 14.6 Å². The van der Waals surface area contributed by atoms with Crippen molar-refractivity contribution in [1.29, 1.82) is 0 Å². The highest BCUT2D eigenvalue weighted by atomic mass is 79.9. The molecule has 1 aliphatic carbocycles. The Hall–Kier alpha value is -1.59. The molecule has 136 valence electrons. The number of carboxylic acids is 1. The van der Waals surface area contributed by atoms with Gasteiger partial charge >= 0.3 is 0 Å². The molecular formula is C21H19Br2O3-. The summed E-state index contributed by atoms with van der Waals surface area (Å²) in [6.45, 7) is 3.94. The van der Waals surface area contributed by atoms with Gasteiger partial charge in [0.2, 0.25) is 0 Å². The zero-order chi connectivity index (χ0) is 18.9. The summed E-state index contributed by atoms with van der Waals surface area (Å²) in [5, 5.41) is 12.1. The summed E-state index contributed by atoms with van der Waals surface area (Å²) < 4.78 is 6.62. The molecule has 0 aromatic heterocycles. The van der Waals surface area contributed by atoms with Crippen LogP contribution >= 0.6 is 31.9 Å². The average molecular weight is 479 g/mol. The summed E-state index contributed by atoms with van der Waals surface area (Å²) >= 11 is 6.69. The molecule has 0 bridgehead atoms. The van der Waals surface area contributed by atoms with Gasteiger partial charge in [-0.15, -0.1) is 0 Å². The Labute approximate surface area is 170 Å². The Balaban J connectivity index is 1.87. The topological polar surface area (TPSA) is 49.4 Å². The minimum Gasteiger partial charge on any atom is -0.549 e. The van der Waals surface area contributed by atoms with Crippen LogP contribution in [0.4, 0.5) is 0 Å². The van der Waals surface area contributed by atoms with Gasteiger partial charge in [0.05, 0.1) is 3.39 Å². The van der Waals surface area contributed by atoms with Gasteiger partial charge in [-0.25, -0.2) is 0 Å². The van der Waals surface area contributed by atoms with E-state index in [0.29, 0.717) is 12.2 Å². The number of hydrogen-bond donors (Lipinski definition) is 0. The molecular weight excluding hydrogens is 460 g/mol. The number of hydrogen-bond acceptors (Lipinski definition) is 3. The molecule has 0 aliphatic heterocycles. The van der Waals surface area contributed by atoms with Gasteiger partial charge in [-0.05, 0) is 79.4 Å². The van der Waals surface area contributed by atoms with Crippen LogP contribution in [0.25, 0.3) is 0 Å². The molecule has 5 heteroatoms. The summed E-state index contributed by atoms with van der Waals surface area (Å²) in [6.07, 6.45) is 2.29. The minimum absolute atomic E-state index is 0.118. The summed E-state index contributed by atoms with van der Waals surface area (Å²) in [4.78, 5) is 12.1. The third-order valence-corrected chi connectivity index (χ3v) is 5.92. The Morgan fingerprint density at radius 1 is 1.12 bits per heavy atom. The van der Waals surface area contributed by atoms with Gasteiger partial charge in [0, 0.05) is 11.4 Å². The second-order valence-electron chi connectivity index (χ2n) is 7.15. The van der Waals surface area contributed by atoms with Crippen LogP contribution in [0.1, 0.15) is 19.4 Å². The summed E-state index contributed by atoms with van der Waals surface area (Å²) in [5.41, 5.74) is -0.419. The van der Waals surface area contributed by atoms with E-state index in [-0.39, 0.29) is 5.92 Å². The maximum atomic E-state index is 12.1. The zero-order valence-corrected chi connectivity index (χ0v) is 17.7. The lowest BCUT2D eigenvalue weighted by molar-refractivity contribution is -0.315. The van der Waals surface area contributed by atoms with Crippen molar-refractivity contribution in [1.82, 2.24) is 0 Å². The van der Waals surface area contributed by atoms with Gasteiger partial charge < -0.3 is 14.6 Å². The molecule has 0 radical (unpaired) electrons. The van der Waals surface area contributed by atoms with Crippen LogP contribution in [-0.2, 0) is 11.2 Å². The number of halogens is 2. The molecule has 1 aliphatic rings. The van der Waals surface area contributed by atoms with Gasteiger partial charge in [-0.2, -0.15) is 0 Å². The highest BCUT2D eigenvalue weighted by Crippen LogP contribution is 2.71. The number of benzene rings is 2. The smallest absolute Gasteiger partial charge is 0.127 e. The molecule has 3 nitrogen and oxygen atoms in total. The third kappa shape index (κ3) is 3.47. The fourth-order valence-electron chi connectivity index (χ4n) is 3.84. The van der Waals surface area contributed by atoms with E-state index in [1.807, 2.05) is 74.5 Å². The molecule has 0 N–H and O–H groups in total. The maximum absolute atomic E-state index is 12.1. The predicted molar refractivity (Wildman–Crippen MR) is 107 cm³/mol. The number of ether oxygens (including phenoxy) is 1. The fraction of sp³-hybridized carbons (Fsp3) is 0.286. The van der Waals surface area contributed by atoms with Crippen molar-refractivity contribution in [2.75, 3.05) is 0 Å². The molecule has 2 atom stereocenters. The molecule has 0 spiro atoms. The molecule has 0 amide bonds. The average Bonchev–Trinajstić information content (AvgIpc) is 3.03. The summed E-state index contributed by atoms with van der Waals surface area (Å²) in [7, 11) is 0. The van der Waals surface area contributed by atoms with Gasteiger partial charge in [-0.3, -0.25) is 0 Å². The van der Waals surface area contributed by atoms with Crippen molar-refractivity contribution >= 4 is 37.8 Å². The largest absolute Gasteiger partial charge is 0.549 e. The van der Waals surface area contributed by atoms with Crippen LogP contribution in [0, 0.1) is 16.7 Å². The molecule has 26 heavy (non-hydrogen) atoms. The van der Waals surface area contributed by atoms with E-state index < -0.39 is 16.8 Å². The first-order valence-corrected chi connectivity index (χ1v) is 9.92. The van der Waals surface area contributed by atoms with Crippen LogP contribution in [0.15, 0.2) is 64.1 Å². The van der Waals surface area contributed by atoms with E-state index >= 15 is 0 Å². The SMILES string of the molecule is CC1(C)[C@H](C=C(Br)Br)[C@@]1(Cc1cccc(Oc2ccccc2)c1)C(=O)[O-]. The van der Waals surface area contributed by atoms with Crippen molar-refractivity contribution in [3.8, 4) is 11.5 Å². The van der Waals surface area contributed by atoms with E-state index in [1.165, 1.54) is 0 Å². The molecule has 0 unspecified atom stereocenters. The number of carbonyl (C=O) groups excluding carboxylic acids is 1. The number of allylic oxidation sites excluding steroid dienone is 1. The van der Waals surface area contributed by atoms with Crippen molar-refractivity contribution in [2.45, 2.75) is 20.3 Å². The van der Waals surface area contributed by atoms with Crippen LogP contribution in [0.2, 0.25) is 0 Å². The van der Waals surface area contributed by atoms with Crippen molar-refractivity contribution in [3.63, 3.8) is 0 Å². The van der Waals surface area contributed by atoms with Gasteiger partial charge in [0.15, 0.2) is 0 Å². The quantitative estimate of drug-likeness (QED) is 0.584. The highest BCUT2D eigenvalue weighted by Gasteiger charge is 2.70. The standard InChI is InChI=1S/C21H20Br2O3/c1-20(2)17(12-18(22)23)21(20,19(24)25)13-14-7-6-10-16(11-14)26-15-8-4-3-5-9-15/h3-12,17H,13H2,1-2H3,(H,24,25)/p-1/t17-,21-/m0/s1. The fourth-order valence-corrected chi connectivity index (χ4v) is 4.37. The zero-order valence-electron chi connectivity index (χ0n) is 14.5. The predicted octanol–water partition coefficient (Wildman–Crippen LogP) is 5.04. The molecule has 0 saturated heterocycles. The van der Waals surface area contributed by atoms with Gasteiger partial charge in [-0.1, -0.05) is 50.3 Å². The number of carboxylic acid groups (broad SMARTS) is 1. The Kier molecular flexibility index (Phi) is 5.31. The van der Waals surface area contributed by atoms with E-state index in [4.69, 9.17) is 4.74 Å². The molecule has 2 aromatic carbocycles. The first kappa shape index (κ1) is 19.2. The van der Waals surface area contributed by atoms with Crippen LogP contribution in [0.3, 0.4) is 0 Å². The Morgan fingerprint density at radius 3 is 2.38 bits per heavy atom. The number of rotatable bonds is 6. The monoisotopic (exact) mass is 477 g/mol. The molecule has 0 heterocycles. The van der Waals surface area contributed by atoms with Crippen molar-refractivity contribution in [2.24, 2.45) is 16.7 Å². The second-order valence-corrected chi connectivity index (χ2v) is 9.93.